The second-order valence-electron chi connectivity index (χ2n) is 4.94. The van der Waals surface area contributed by atoms with Gasteiger partial charge in [-0.2, -0.15) is 0 Å². The molecule has 0 radical (unpaired) electrons. The van der Waals surface area contributed by atoms with Gasteiger partial charge in [-0.1, -0.05) is 30.7 Å². The molecular weight excluding hydrogens is 255 g/mol. The molecular formula is C14H18Cl2O. The van der Waals surface area contributed by atoms with Crippen LogP contribution in [0.1, 0.15) is 31.7 Å². The fourth-order valence-corrected chi connectivity index (χ4v) is 3.37. The van der Waals surface area contributed by atoms with Crippen LogP contribution >= 0.6 is 23.2 Å². The first-order valence-corrected chi connectivity index (χ1v) is 6.87. The monoisotopic (exact) mass is 272 g/mol. The Morgan fingerprint density at radius 2 is 1.65 bits per heavy atom. The average Bonchev–Trinajstić information content (AvgIpc) is 2.53. The minimum Gasteiger partial charge on any atom is -0.375 e. The zero-order valence-corrected chi connectivity index (χ0v) is 11.9. The topological polar surface area (TPSA) is 9.23 Å². The Bertz CT molecular complexity index is 376. The first kappa shape index (κ1) is 13.2. The number of benzene rings is 1. The van der Waals surface area contributed by atoms with Crippen molar-refractivity contribution in [2.75, 3.05) is 0 Å². The quantitative estimate of drug-likeness (QED) is 0.711. The molecule has 1 nitrogen and oxygen atoms in total. The van der Waals surface area contributed by atoms with Crippen LogP contribution in [0, 0.1) is 11.8 Å². The lowest BCUT2D eigenvalue weighted by Crippen LogP contribution is -2.22. The third-order valence-electron chi connectivity index (χ3n) is 3.85. The molecule has 2 rings (SSSR count). The van der Waals surface area contributed by atoms with E-state index in [1.54, 1.807) is 0 Å². The van der Waals surface area contributed by atoms with Crippen LogP contribution in [0.5, 0.6) is 0 Å². The maximum absolute atomic E-state index is 6.60. The van der Waals surface area contributed by atoms with E-state index >= 15 is 0 Å². The minimum absolute atomic E-state index is 0.0118. The van der Waals surface area contributed by atoms with Crippen LogP contribution < -0.4 is 0 Å². The minimum atomic E-state index is -0.0118. The molecule has 0 aliphatic carbocycles. The van der Waals surface area contributed by atoms with E-state index in [2.05, 4.69) is 20.8 Å². The molecule has 5 atom stereocenters. The van der Waals surface area contributed by atoms with Gasteiger partial charge in [-0.25, -0.2) is 0 Å². The second-order valence-corrected chi connectivity index (χ2v) is 5.84. The van der Waals surface area contributed by atoms with Gasteiger partial charge in [-0.05, 0) is 37.5 Å². The van der Waals surface area contributed by atoms with Gasteiger partial charge in [0.05, 0.1) is 17.6 Å². The molecule has 1 aliphatic rings. The summed E-state index contributed by atoms with van der Waals surface area (Å²) in [5.41, 5.74) is 1.12. The van der Waals surface area contributed by atoms with Gasteiger partial charge < -0.3 is 4.74 Å². The maximum Gasteiger partial charge on any atom is 0.0641 e. The van der Waals surface area contributed by atoms with Crippen molar-refractivity contribution in [3.8, 4) is 0 Å². The third-order valence-corrected chi connectivity index (χ3v) is 4.64. The Morgan fingerprint density at radius 1 is 1.06 bits per heavy atom. The SMILES string of the molecule is CC1OC(C)C(C(Cl)c2ccc(Cl)cc2)C1C. The molecule has 1 fully saturated rings. The van der Waals surface area contributed by atoms with Gasteiger partial charge in [0.15, 0.2) is 0 Å². The highest BCUT2D eigenvalue weighted by molar-refractivity contribution is 6.30. The van der Waals surface area contributed by atoms with E-state index in [-0.39, 0.29) is 17.6 Å². The molecule has 0 spiro atoms. The first-order chi connectivity index (χ1) is 8.00. The Labute approximate surface area is 113 Å². The van der Waals surface area contributed by atoms with Crippen LogP contribution in [0.25, 0.3) is 0 Å². The zero-order valence-electron chi connectivity index (χ0n) is 10.4. The van der Waals surface area contributed by atoms with Crippen LogP contribution in [0.15, 0.2) is 24.3 Å². The van der Waals surface area contributed by atoms with Crippen LogP contribution in [0.3, 0.4) is 0 Å². The molecule has 0 N–H and O–H groups in total. The van der Waals surface area contributed by atoms with Crippen LogP contribution in [0.2, 0.25) is 5.02 Å². The van der Waals surface area contributed by atoms with Crippen molar-refractivity contribution in [1.29, 1.82) is 0 Å². The van der Waals surface area contributed by atoms with Crippen LogP contribution in [-0.4, -0.2) is 12.2 Å². The van der Waals surface area contributed by atoms with E-state index in [0.29, 0.717) is 11.8 Å². The molecule has 1 heterocycles. The molecule has 1 aromatic carbocycles. The van der Waals surface area contributed by atoms with Crippen LogP contribution in [0.4, 0.5) is 0 Å². The Hall–Kier alpha value is -0.240. The lowest BCUT2D eigenvalue weighted by molar-refractivity contribution is 0.0508. The molecule has 1 aromatic rings. The molecule has 0 amide bonds. The lowest BCUT2D eigenvalue weighted by Gasteiger charge is -2.24. The van der Waals surface area contributed by atoms with Gasteiger partial charge in [0, 0.05) is 10.9 Å². The molecule has 5 unspecified atom stereocenters. The van der Waals surface area contributed by atoms with E-state index in [1.165, 1.54) is 0 Å². The largest absolute Gasteiger partial charge is 0.375 e. The van der Waals surface area contributed by atoms with E-state index in [4.69, 9.17) is 27.9 Å². The number of rotatable bonds is 2. The van der Waals surface area contributed by atoms with Crippen molar-refractivity contribution in [3.63, 3.8) is 0 Å². The van der Waals surface area contributed by atoms with E-state index < -0.39 is 0 Å². The number of hydrogen-bond donors (Lipinski definition) is 0. The zero-order chi connectivity index (χ0) is 12.6. The molecule has 1 saturated heterocycles. The van der Waals surface area contributed by atoms with Crippen molar-refractivity contribution in [2.24, 2.45) is 11.8 Å². The van der Waals surface area contributed by atoms with Gasteiger partial charge in [0.2, 0.25) is 0 Å². The van der Waals surface area contributed by atoms with Gasteiger partial charge in [0.1, 0.15) is 0 Å². The molecule has 94 valence electrons. The lowest BCUT2D eigenvalue weighted by atomic mass is 9.84. The van der Waals surface area contributed by atoms with Gasteiger partial charge in [0.25, 0.3) is 0 Å². The number of halogens is 2. The van der Waals surface area contributed by atoms with Gasteiger partial charge in [-0.15, -0.1) is 11.6 Å². The highest BCUT2D eigenvalue weighted by Gasteiger charge is 2.41. The fourth-order valence-electron chi connectivity index (χ4n) is 2.67. The van der Waals surface area contributed by atoms with Crippen molar-refractivity contribution >= 4 is 23.2 Å². The van der Waals surface area contributed by atoms with Crippen molar-refractivity contribution in [2.45, 2.75) is 38.4 Å². The van der Waals surface area contributed by atoms with E-state index in [0.717, 1.165) is 10.6 Å². The summed E-state index contributed by atoms with van der Waals surface area (Å²) in [6.45, 7) is 6.44. The predicted molar refractivity (Wildman–Crippen MR) is 72.7 cm³/mol. The summed E-state index contributed by atoms with van der Waals surface area (Å²) in [5, 5.41) is 0.733. The summed E-state index contributed by atoms with van der Waals surface area (Å²) in [6, 6.07) is 7.78. The summed E-state index contributed by atoms with van der Waals surface area (Å²) >= 11 is 12.5. The Morgan fingerprint density at radius 3 is 2.12 bits per heavy atom. The van der Waals surface area contributed by atoms with Crippen LogP contribution in [-0.2, 0) is 4.74 Å². The molecule has 3 heteroatoms. The maximum atomic E-state index is 6.60. The molecule has 1 aliphatic heterocycles. The summed E-state index contributed by atoms with van der Waals surface area (Å²) in [5.74, 6) is 0.830. The average molecular weight is 273 g/mol. The normalized spacial score (nSPS) is 34.9. The molecule has 0 bridgehead atoms. The summed E-state index contributed by atoms with van der Waals surface area (Å²) in [4.78, 5) is 0. The second kappa shape index (κ2) is 5.17. The number of hydrogen-bond acceptors (Lipinski definition) is 1. The van der Waals surface area contributed by atoms with Crippen molar-refractivity contribution in [1.82, 2.24) is 0 Å². The highest BCUT2D eigenvalue weighted by atomic mass is 35.5. The number of alkyl halides is 1. The van der Waals surface area contributed by atoms with Crippen molar-refractivity contribution < 1.29 is 4.74 Å². The molecule has 0 saturated carbocycles. The highest BCUT2D eigenvalue weighted by Crippen LogP contribution is 2.43. The van der Waals surface area contributed by atoms with Gasteiger partial charge in [-0.3, -0.25) is 0 Å². The van der Waals surface area contributed by atoms with Gasteiger partial charge >= 0.3 is 0 Å². The van der Waals surface area contributed by atoms with Crippen molar-refractivity contribution in [3.05, 3.63) is 34.9 Å². The Balaban J connectivity index is 2.19. The third kappa shape index (κ3) is 2.62. The van der Waals surface area contributed by atoms with E-state index in [1.807, 2.05) is 24.3 Å². The molecule has 0 aromatic heterocycles. The Kier molecular flexibility index (Phi) is 4.02. The summed E-state index contributed by atoms with van der Waals surface area (Å²) in [7, 11) is 0. The van der Waals surface area contributed by atoms with E-state index in [9.17, 15) is 0 Å². The smallest absolute Gasteiger partial charge is 0.0641 e. The summed E-state index contributed by atoms with van der Waals surface area (Å²) < 4.78 is 5.84. The predicted octanol–water partition coefficient (Wildman–Crippen LogP) is 4.68. The number of ether oxygens (including phenoxy) is 1. The summed E-state index contributed by atoms with van der Waals surface area (Å²) in [6.07, 6.45) is 0.488. The molecule has 17 heavy (non-hydrogen) atoms. The first-order valence-electron chi connectivity index (χ1n) is 6.05. The standard InChI is InChI=1S/C14H18Cl2O/c1-8-9(2)17-10(3)13(8)14(16)11-4-6-12(15)7-5-11/h4-10,13-14H,1-3H3. The fraction of sp³-hybridized carbons (Fsp3) is 0.571.